The molecule has 46 valence electrons. The molecule has 0 amide bonds. The Bertz CT molecular complexity index is 20.0. The largest absolute Gasteiger partial charge is 0.269 e. The van der Waals surface area contributed by atoms with Crippen LogP contribution in [0.25, 0.3) is 0 Å². The molecule has 0 aromatic carbocycles. The van der Waals surface area contributed by atoms with Crippen LogP contribution in [0, 0.1) is 0 Å². The van der Waals surface area contributed by atoms with Gasteiger partial charge >= 0.3 is 0 Å². The van der Waals surface area contributed by atoms with E-state index >= 15 is 0 Å². The van der Waals surface area contributed by atoms with Gasteiger partial charge < -0.3 is 0 Å². The van der Waals surface area contributed by atoms with E-state index in [4.69, 9.17) is 0 Å². The van der Waals surface area contributed by atoms with Gasteiger partial charge in [-0.15, -0.1) is 0 Å². The van der Waals surface area contributed by atoms with Gasteiger partial charge in [0.2, 0.25) is 0 Å². The molecule has 0 fully saturated rings. The van der Waals surface area contributed by atoms with Gasteiger partial charge in [0.1, 0.15) is 0 Å². The Kier molecular flexibility index (Phi) is 14.1. The van der Waals surface area contributed by atoms with Gasteiger partial charge in [-0.3, -0.25) is 4.70 Å². The normalized spacial score (nSPS) is 7.71. The molecule has 0 spiro atoms. The van der Waals surface area contributed by atoms with Crippen LogP contribution in [-0.2, 0) is 0 Å². The average molecular weight is 124 g/mol. The molecular weight excluding hydrogens is 111 g/mol. The Balaban J connectivity index is 0. The molecule has 0 saturated heterocycles. The molecular formula is C5H13FS. The molecule has 7 heavy (non-hydrogen) atoms. The second-order valence-electron chi connectivity index (χ2n) is 1.43. The van der Waals surface area contributed by atoms with Gasteiger partial charge in [-0.2, -0.15) is 12.6 Å². The average Bonchev–Trinajstić information content (AvgIpc) is 1.61. The molecule has 0 heterocycles. The van der Waals surface area contributed by atoms with E-state index in [1.807, 2.05) is 0 Å². The van der Waals surface area contributed by atoms with Crippen LogP contribution in [0.1, 0.15) is 26.2 Å². The van der Waals surface area contributed by atoms with E-state index in [1.54, 1.807) is 0 Å². The molecule has 0 aromatic rings. The third kappa shape index (κ3) is 10.7. The third-order valence-corrected chi connectivity index (χ3v) is 1.08. The van der Waals surface area contributed by atoms with E-state index in [-0.39, 0.29) is 4.70 Å². The van der Waals surface area contributed by atoms with Crippen LogP contribution in [-0.4, -0.2) is 5.75 Å². The molecule has 0 unspecified atom stereocenters. The quantitative estimate of drug-likeness (QED) is 0.433. The van der Waals surface area contributed by atoms with Crippen molar-refractivity contribution in [2.45, 2.75) is 26.2 Å². The lowest BCUT2D eigenvalue weighted by atomic mass is 10.3. The Morgan fingerprint density at radius 2 is 1.86 bits per heavy atom. The predicted octanol–water partition coefficient (Wildman–Crippen LogP) is 2.26. The smallest absolute Gasteiger partial charge is 0.00979 e. The second-order valence-corrected chi connectivity index (χ2v) is 1.88. The van der Waals surface area contributed by atoms with Crippen LogP contribution in [0.15, 0.2) is 0 Å². The van der Waals surface area contributed by atoms with Crippen LogP contribution in [0.3, 0.4) is 0 Å². The summed E-state index contributed by atoms with van der Waals surface area (Å²) in [4.78, 5) is 0. The highest BCUT2D eigenvalue weighted by Gasteiger charge is 1.75. The molecule has 0 bridgehead atoms. The molecule has 0 rings (SSSR count). The van der Waals surface area contributed by atoms with Crippen LogP contribution in [0.4, 0.5) is 4.70 Å². The molecule has 0 N–H and O–H groups in total. The van der Waals surface area contributed by atoms with Gasteiger partial charge in [0, 0.05) is 0 Å². The van der Waals surface area contributed by atoms with Crippen molar-refractivity contribution in [1.82, 2.24) is 0 Å². The number of halogens is 1. The van der Waals surface area contributed by atoms with Gasteiger partial charge in [-0.1, -0.05) is 19.8 Å². The van der Waals surface area contributed by atoms with E-state index in [0.717, 1.165) is 5.75 Å². The lowest BCUT2D eigenvalue weighted by Gasteiger charge is -1.85. The van der Waals surface area contributed by atoms with E-state index in [1.165, 1.54) is 19.3 Å². The first-order valence-electron chi connectivity index (χ1n) is 2.52. The lowest BCUT2D eigenvalue weighted by molar-refractivity contribution is 0.780. The molecule has 0 aliphatic rings. The molecule has 0 atom stereocenters. The van der Waals surface area contributed by atoms with Crippen molar-refractivity contribution in [3.8, 4) is 0 Å². The van der Waals surface area contributed by atoms with Gasteiger partial charge in [0.05, 0.1) is 0 Å². The van der Waals surface area contributed by atoms with Crippen molar-refractivity contribution in [2.24, 2.45) is 0 Å². The zero-order valence-corrected chi connectivity index (χ0v) is 5.58. The summed E-state index contributed by atoms with van der Waals surface area (Å²) in [6.07, 6.45) is 3.92. The van der Waals surface area contributed by atoms with E-state index in [2.05, 4.69) is 19.6 Å². The highest BCUT2D eigenvalue weighted by molar-refractivity contribution is 7.80. The summed E-state index contributed by atoms with van der Waals surface area (Å²) in [5.41, 5.74) is 0. The highest BCUT2D eigenvalue weighted by Crippen LogP contribution is 1.93. The fraction of sp³-hybridized carbons (Fsp3) is 1.00. The first kappa shape index (κ1) is 10.3. The maximum atomic E-state index is 4.05. The number of unbranched alkanes of at least 4 members (excludes halogenated alkanes) is 2. The van der Waals surface area contributed by atoms with Crippen molar-refractivity contribution in [3.63, 3.8) is 0 Å². The fourth-order valence-corrected chi connectivity index (χ4v) is 0.585. The Morgan fingerprint density at radius 1 is 1.29 bits per heavy atom. The van der Waals surface area contributed by atoms with Gasteiger partial charge in [0.15, 0.2) is 0 Å². The third-order valence-electron chi connectivity index (χ3n) is 0.762. The topological polar surface area (TPSA) is 0 Å². The molecule has 0 nitrogen and oxygen atoms in total. The fourth-order valence-electron chi connectivity index (χ4n) is 0.362. The maximum absolute atomic E-state index is 4.05. The molecule has 0 aliphatic carbocycles. The monoisotopic (exact) mass is 124 g/mol. The van der Waals surface area contributed by atoms with Gasteiger partial charge in [-0.25, -0.2) is 0 Å². The predicted molar refractivity (Wildman–Crippen MR) is 35.9 cm³/mol. The lowest BCUT2D eigenvalue weighted by Crippen LogP contribution is -1.70. The van der Waals surface area contributed by atoms with Gasteiger partial charge in [0.25, 0.3) is 0 Å². The summed E-state index contributed by atoms with van der Waals surface area (Å²) >= 11 is 4.05. The minimum atomic E-state index is 0. The van der Waals surface area contributed by atoms with Crippen LogP contribution >= 0.6 is 12.6 Å². The Labute approximate surface area is 50.1 Å². The molecule has 0 radical (unpaired) electrons. The van der Waals surface area contributed by atoms with E-state index in [9.17, 15) is 0 Å². The maximum Gasteiger partial charge on any atom is -0.00979 e. The number of hydrogen-bond acceptors (Lipinski definition) is 1. The van der Waals surface area contributed by atoms with E-state index in [0.29, 0.717) is 0 Å². The summed E-state index contributed by atoms with van der Waals surface area (Å²) in [6, 6.07) is 0. The van der Waals surface area contributed by atoms with Gasteiger partial charge in [-0.05, 0) is 12.2 Å². The van der Waals surface area contributed by atoms with Crippen molar-refractivity contribution in [2.75, 3.05) is 5.75 Å². The summed E-state index contributed by atoms with van der Waals surface area (Å²) in [5.74, 6) is 1.05. The summed E-state index contributed by atoms with van der Waals surface area (Å²) in [6.45, 7) is 2.20. The minimum Gasteiger partial charge on any atom is -0.269 e. The first-order chi connectivity index (χ1) is 2.91. The minimum absolute atomic E-state index is 0. The van der Waals surface area contributed by atoms with Crippen molar-refractivity contribution >= 4 is 12.6 Å². The summed E-state index contributed by atoms with van der Waals surface area (Å²) < 4.78 is 0. The molecule has 0 aromatic heterocycles. The van der Waals surface area contributed by atoms with Crippen molar-refractivity contribution in [3.05, 3.63) is 0 Å². The Morgan fingerprint density at radius 3 is 2.00 bits per heavy atom. The zero-order valence-electron chi connectivity index (χ0n) is 4.68. The molecule has 2 heteroatoms. The van der Waals surface area contributed by atoms with E-state index < -0.39 is 0 Å². The molecule has 0 aliphatic heterocycles. The highest BCUT2D eigenvalue weighted by atomic mass is 32.1. The summed E-state index contributed by atoms with van der Waals surface area (Å²) in [5, 5.41) is 0. The second kappa shape index (κ2) is 9.56. The van der Waals surface area contributed by atoms with Crippen molar-refractivity contribution < 1.29 is 4.70 Å². The van der Waals surface area contributed by atoms with Crippen molar-refractivity contribution in [1.29, 1.82) is 0 Å². The Hall–Kier alpha value is 0.280. The van der Waals surface area contributed by atoms with Crippen LogP contribution in [0.5, 0.6) is 0 Å². The zero-order chi connectivity index (χ0) is 4.83. The first-order valence-corrected chi connectivity index (χ1v) is 3.16. The number of thiol groups is 1. The van der Waals surface area contributed by atoms with Crippen LogP contribution < -0.4 is 0 Å². The number of rotatable bonds is 3. The standard InChI is InChI=1S/C5H12S.FH/c1-2-3-4-5-6;/h6H,2-5H2,1H3;1H. The SMILES string of the molecule is CCCCCS.F. The van der Waals surface area contributed by atoms with Crippen LogP contribution in [0.2, 0.25) is 0 Å². The molecule has 0 saturated carbocycles. The number of hydrogen-bond donors (Lipinski definition) is 1. The summed E-state index contributed by atoms with van der Waals surface area (Å²) in [7, 11) is 0.